The molecule has 1 heterocycles. The molecule has 0 bridgehead atoms. The summed E-state index contributed by atoms with van der Waals surface area (Å²) in [5.41, 5.74) is 0. The Hall–Kier alpha value is -0.490. The maximum absolute atomic E-state index is 10.3. The zero-order valence-electron chi connectivity index (χ0n) is 8.29. The topological polar surface area (TPSA) is 76.0 Å². The molecule has 1 rings (SSSR count). The monoisotopic (exact) mass is 204 g/mol. The molecule has 82 valence electrons. The number of carbonyl (C=O) groups excluding carboxylic acids is 1. The minimum Gasteiger partial charge on any atom is -0.390 e. The normalized spacial score (nSPS) is 43.6. The third-order valence-electron chi connectivity index (χ3n) is 2.62. The molecule has 1 aliphatic rings. The van der Waals surface area contributed by atoms with Crippen LogP contribution in [-0.4, -0.2) is 48.2 Å². The molecule has 1 fully saturated rings. The molecule has 0 aromatic heterocycles. The molecule has 1 aliphatic heterocycles. The van der Waals surface area contributed by atoms with Crippen LogP contribution >= 0.6 is 0 Å². The highest BCUT2D eigenvalue weighted by Crippen LogP contribution is 2.27. The molecular weight excluding hydrogens is 188 g/mol. The summed E-state index contributed by atoms with van der Waals surface area (Å²) in [4.78, 5) is 10.3. The number of carbonyl (C=O) groups is 1. The van der Waals surface area contributed by atoms with Gasteiger partial charge in [0.05, 0.1) is 12.2 Å². The van der Waals surface area contributed by atoms with Crippen LogP contribution in [0.25, 0.3) is 0 Å². The third kappa shape index (κ3) is 2.12. The molecule has 0 aromatic carbocycles. The highest BCUT2D eigenvalue weighted by atomic mass is 16.7. The smallest absolute Gasteiger partial charge is 0.185 e. The number of hydrogen-bond acceptors (Lipinski definition) is 5. The number of aliphatic hydroxyl groups excluding tert-OH is 2. The van der Waals surface area contributed by atoms with Gasteiger partial charge in [-0.2, -0.15) is 0 Å². The Morgan fingerprint density at radius 1 is 1.43 bits per heavy atom. The van der Waals surface area contributed by atoms with Gasteiger partial charge in [0.1, 0.15) is 12.4 Å². The van der Waals surface area contributed by atoms with Gasteiger partial charge in [-0.3, -0.25) is 0 Å². The standard InChI is InChI=1S/C9H16O5/c1-5-6(3-4-10)14-9(13-2)8(12)7(5)11/h4-9,11-12H,3H2,1-2H3/t5?,6?,7?,8?,9-/m0/s1. The van der Waals surface area contributed by atoms with Crippen molar-refractivity contribution in [2.24, 2.45) is 5.92 Å². The van der Waals surface area contributed by atoms with E-state index in [2.05, 4.69) is 0 Å². The molecule has 0 aliphatic carbocycles. The summed E-state index contributed by atoms with van der Waals surface area (Å²) in [6.07, 6.45) is -2.29. The Balaban J connectivity index is 2.67. The summed E-state index contributed by atoms with van der Waals surface area (Å²) in [6, 6.07) is 0. The maximum atomic E-state index is 10.3. The molecule has 0 radical (unpaired) electrons. The number of aldehydes is 1. The van der Waals surface area contributed by atoms with Crippen LogP contribution in [0.3, 0.4) is 0 Å². The molecule has 5 nitrogen and oxygen atoms in total. The van der Waals surface area contributed by atoms with E-state index in [1.165, 1.54) is 7.11 Å². The van der Waals surface area contributed by atoms with Crippen molar-refractivity contribution in [1.82, 2.24) is 0 Å². The third-order valence-corrected chi connectivity index (χ3v) is 2.62. The molecule has 0 spiro atoms. The fourth-order valence-corrected chi connectivity index (χ4v) is 1.63. The number of methoxy groups -OCH3 is 1. The second-order valence-electron chi connectivity index (χ2n) is 3.52. The molecule has 2 N–H and O–H groups in total. The molecular formula is C9H16O5. The largest absolute Gasteiger partial charge is 0.390 e. The lowest BCUT2D eigenvalue weighted by Gasteiger charge is -2.40. The maximum Gasteiger partial charge on any atom is 0.185 e. The van der Waals surface area contributed by atoms with Crippen molar-refractivity contribution in [2.45, 2.75) is 37.9 Å². The Morgan fingerprint density at radius 3 is 2.57 bits per heavy atom. The summed E-state index contributed by atoms with van der Waals surface area (Å²) < 4.78 is 10.2. The van der Waals surface area contributed by atoms with Gasteiger partial charge in [0.2, 0.25) is 0 Å². The molecule has 0 amide bonds. The van der Waals surface area contributed by atoms with Crippen LogP contribution in [0.2, 0.25) is 0 Å². The number of hydrogen-bond donors (Lipinski definition) is 2. The Morgan fingerprint density at radius 2 is 2.07 bits per heavy atom. The minimum atomic E-state index is -1.06. The summed E-state index contributed by atoms with van der Waals surface area (Å²) in [7, 11) is 1.38. The van der Waals surface area contributed by atoms with Crippen molar-refractivity contribution >= 4 is 6.29 Å². The minimum absolute atomic E-state index is 0.199. The lowest BCUT2D eigenvalue weighted by molar-refractivity contribution is -0.274. The molecule has 5 atom stereocenters. The van der Waals surface area contributed by atoms with Gasteiger partial charge in [0, 0.05) is 19.4 Å². The van der Waals surface area contributed by atoms with Crippen molar-refractivity contribution < 1.29 is 24.5 Å². The first-order chi connectivity index (χ1) is 6.61. The van der Waals surface area contributed by atoms with Crippen molar-refractivity contribution in [3.63, 3.8) is 0 Å². The highest BCUT2D eigenvalue weighted by molar-refractivity contribution is 5.50. The first-order valence-corrected chi connectivity index (χ1v) is 4.59. The summed E-state index contributed by atoms with van der Waals surface area (Å²) >= 11 is 0. The van der Waals surface area contributed by atoms with Crippen molar-refractivity contribution in [3.8, 4) is 0 Å². The summed E-state index contributed by atoms with van der Waals surface area (Å²) in [6.45, 7) is 1.73. The van der Waals surface area contributed by atoms with Gasteiger partial charge in [0.15, 0.2) is 6.29 Å². The average molecular weight is 204 g/mol. The quantitative estimate of drug-likeness (QED) is 0.595. The Labute approximate surface area is 82.6 Å². The fourth-order valence-electron chi connectivity index (χ4n) is 1.63. The number of ether oxygens (including phenoxy) is 2. The van der Waals surface area contributed by atoms with E-state index in [1.54, 1.807) is 6.92 Å². The van der Waals surface area contributed by atoms with Crippen LogP contribution in [-0.2, 0) is 14.3 Å². The zero-order valence-corrected chi connectivity index (χ0v) is 8.29. The molecule has 14 heavy (non-hydrogen) atoms. The lowest BCUT2D eigenvalue weighted by atomic mass is 9.89. The van der Waals surface area contributed by atoms with Crippen molar-refractivity contribution in [1.29, 1.82) is 0 Å². The van der Waals surface area contributed by atoms with E-state index in [4.69, 9.17) is 9.47 Å². The van der Waals surface area contributed by atoms with E-state index in [1.807, 2.05) is 0 Å². The summed E-state index contributed by atoms with van der Waals surface area (Å²) in [5.74, 6) is -0.276. The van der Waals surface area contributed by atoms with Gasteiger partial charge in [-0.25, -0.2) is 0 Å². The van der Waals surface area contributed by atoms with Gasteiger partial charge < -0.3 is 24.5 Å². The Kier molecular flexibility index (Phi) is 4.00. The highest BCUT2D eigenvalue weighted by Gasteiger charge is 2.41. The second-order valence-corrected chi connectivity index (χ2v) is 3.52. The SMILES string of the molecule is CO[C@H]1OC(CC=O)C(C)C(O)C1O. The van der Waals surface area contributed by atoms with E-state index in [0.717, 1.165) is 6.29 Å². The van der Waals surface area contributed by atoms with E-state index in [0.29, 0.717) is 0 Å². The first kappa shape index (κ1) is 11.6. The molecule has 5 heteroatoms. The van der Waals surface area contributed by atoms with Crippen molar-refractivity contribution in [2.75, 3.05) is 7.11 Å². The summed E-state index contributed by atoms with van der Waals surface area (Å²) in [5, 5.41) is 19.1. The molecule has 0 aromatic rings. The van der Waals surface area contributed by atoms with Crippen LogP contribution in [0.15, 0.2) is 0 Å². The first-order valence-electron chi connectivity index (χ1n) is 4.59. The number of aliphatic hydroxyl groups is 2. The molecule has 4 unspecified atom stereocenters. The van der Waals surface area contributed by atoms with E-state index in [9.17, 15) is 15.0 Å². The van der Waals surface area contributed by atoms with Crippen LogP contribution in [0.5, 0.6) is 0 Å². The predicted octanol–water partition coefficient (Wildman–Crippen LogP) is -0.695. The van der Waals surface area contributed by atoms with E-state index < -0.39 is 24.6 Å². The van der Waals surface area contributed by atoms with Crippen molar-refractivity contribution in [3.05, 3.63) is 0 Å². The lowest BCUT2D eigenvalue weighted by Crippen LogP contribution is -2.54. The van der Waals surface area contributed by atoms with Crippen LogP contribution in [0.4, 0.5) is 0 Å². The van der Waals surface area contributed by atoms with Gasteiger partial charge in [0.25, 0.3) is 0 Å². The van der Waals surface area contributed by atoms with E-state index >= 15 is 0 Å². The Bertz CT molecular complexity index is 194. The van der Waals surface area contributed by atoms with Gasteiger partial charge in [-0.05, 0) is 0 Å². The second kappa shape index (κ2) is 4.84. The number of rotatable bonds is 3. The molecule has 1 saturated heterocycles. The van der Waals surface area contributed by atoms with Gasteiger partial charge in [-0.15, -0.1) is 0 Å². The fraction of sp³-hybridized carbons (Fsp3) is 0.889. The van der Waals surface area contributed by atoms with Crippen LogP contribution in [0, 0.1) is 5.92 Å². The van der Waals surface area contributed by atoms with Crippen LogP contribution in [0.1, 0.15) is 13.3 Å². The zero-order chi connectivity index (χ0) is 10.7. The van der Waals surface area contributed by atoms with Gasteiger partial charge in [-0.1, -0.05) is 6.92 Å². The molecule has 0 saturated carbocycles. The average Bonchev–Trinajstić information content (AvgIpc) is 2.19. The van der Waals surface area contributed by atoms with E-state index in [-0.39, 0.29) is 12.3 Å². The van der Waals surface area contributed by atoms with Crippen LogP contribution < -0.4 is 0 Å². The van der Waals surface area contributed by atoms with Gasteiger partial charge >= 0.3 is 0 Å². The predicted molar refractivity (Wildman–Crippen MR) is 47.5 cm³/mol.